The summed E-state index contributed by atoms with van der Waals surface area (Å²) in [5, 5.41) is 18.7. The van der Waals surface area contributed by atoms with Crippen molar-refractivity contribution in [3.8, 4) is 17.2 Å². The fraction of sp³-hybridized carbons (Fsp3) is 0.233. The van der Waals surface area contributed by atoms with Crippen LogP contribution < -0.4 is 30.0 Å². The summed E-state index contributed by atoms with van der Waals surface area (Å²) < 4.78 is 31.6. The number of rotatable bonds is 13. The maximum Gasteiger partial charge on any atom is 0.255 e. The molecule has 10 heteroatoms. The summed E-state index contributed by atoms with van der Waals surface area (Å²) in [4.78, 5) is 31.3. The second-order valence-electron chi connectivity index (χ2n) is 13.8. The van der Waals surface area contributed by atoms with E-state index in [1.165, 1.54) is 18.2 Å². The molecule has 0 spiro atoms. The Morgan fingerprint density at radius 2 is 1.21 bits per heavy atom. The highest BCUT2D eigenvalue weighted by molar-refractivity contribution is 6.08. The lowest BCUT2D eigenvalue weighted by Crippen LogP contribution is -2.25. The molecule has 0 fully saturated rings. The maximum atomic E-state index is 13.7. The van der Waals surface area contributed by atoms with Crippen LogP contribution in [0.4, 0.5) is 15.8 Å². The van der Waals surface area contributed by atoms with Gasteiger partial charge in [-0.1, -0.05) is 54.6 Å². The summed E-state index contributed by atoms with van der Waals surface area (Å²) in [6.45, 7) is 11.5. The highest BCUT2D eigenvalue weighted by atomic mass is 19.1. The number of aryl methyl sites for hydroxylation is 1. The van der Waals surface area contributed by atoms with Crippen molar-refractivity contribution in [1.82, 2.24) is 0 Å². The van der Waals surface area contributed by atoms with Crippen LogP contribution in [0.1, 0.15) is 77.6 Å². The molecule has 0 atom stereocenters. The third kappa shape index (κ3) is 10.9. The Labute approximate surface area is 309 Å². The van der Waals surface area contributed by atoms with Crippen LogP contribution in [0.3, 0.4) is 0 Å². The van der Waals surface area contributed by atoms with Gasteiger partial charge < -0.3 is 30.0 Å². The molecule has 9 nitrogen and oxygen atoms in total. The standard InChI is InChI=1S/C43H44FN3O6/c1-27(2)53-39-24-32(16-21-36(39)46-40(48)31-15-12-28(3)37(22-31)51-25-29-10-8-7-9-11-29)41(49)45-35-20-17-33(42(50)47-43(4,5)6)23-38(35)52-26-30-13-18-34(44)19-14-30/h7-24,27H,25-26H2,1-6H3,(H,45,49)(H,46,48)(H,47,50)/p-1. The topological polar surface area (TPSA) is 121 Å². The Bertz CT molecular complexity index is 2090. The first-order chi connectivity index (χ1) is 25.2. The van der Waals surface area contributed by atoms with Crippen molar-refractivity contribution in [3.63, 3.8) is 0 Å². The first kappa shape index (κ1) is 38.1. The third-order valence-electron chi connectivity index (χ3n) is 7.76. The molecule has 0 radical (unpaired) electrons. The number of anilines is 2. The lowest BCUT2D eigenvalue weighted by Gasteiger charge is -2.21. The van der Waals surface area contributed by atoms with Crippen LogP contribution in [0.5, 0.6) is 17.2 Å². The molecule has 2 N–H and O–H groups in total. The first-order valence-electron chi connectivity index (χ1n) is 17.2. The minimum Gasteiger partial charge on any atom is -0.858 e. The second kappa shape index (κ2) is 16.9. The van der Waals surface area contributed by atoms with Crippen molar-refractivity contribution in [2.75, 3.05) is 10.6 Å². The lowest BCUT2D eigenvalue weighted by atomic mass is 10.1. The molecule has 0 aliphatic rings. The zero-order valence-electron chi connectivity index (χ0n) is 30.7. The van der Waals surface area contributed by atoms with E-state index in [-0.39, 0.29) is 41.3 Å². The fourth-order valence-electron chi connectivity index (χ4n) is 5.13. The number of amides is 2. The van der Waals surface area contributed by atoms with Gasteiger partial charge in [-0.25, -0.2) is 4.39 Å². The normalized spacial score (nSPS) is 11.6. The SMILES string of the molecule is Cc1ccc(C(=O)Nc2ccc(C(=O)Nc3ccc(C([O-])=NC(C)(C)C)cc3OCc3ccc(F)cc3)cc2OC(C)C)cc1OCc1ccccc1. The van der Waals surface area contributed by atoms with Crippen LogP contribution in [0.2, 0.25) is 0 Å². The van der Waals surface area contributed by atoms with Gasteiger partial charge in [-0.05, 0) is 124 Å². The minimum absolute atomic E-state index is 0.0552. The highest BCUT2D eigenvalue weighted by Gasteiger charge is 2.18. The minimum atomic E-state index is -0.597. The smallest absolute Gasteiger partial charge is 0.255 e. The van der Waals surface area contributed by atoms with Crippen LogP contribution in [0.15, 0.2) is 114 Å². The third-order valence-corrected chi connectivity index (χ3v) is 7.76. The molecule has 2 amide bonds. The Balaban J connectivity index is 1.36. The Hall–Kier alpha value is -6.16. The summed E-state index contributed by atoms with van der Waals surface area (Å²) in [6.07, 6.45) is -0.267. The van der Waals surface area contributed by atoms with E-state index in [4.69, 9.17) is 14.2 Å². The van der Waals surface area contributed by atoms with E-state index in [2.05, 4.69) is 15.6 Å². The van der Waals surface area contributed by atoms with E-state index in [0.29, 0.717) is 40.6 Å². The monoisotopic (exact) mass is 716 g/mol. The molecule has 0 saturated heterocycles. The Morgan fingerprint density at radius 3 is 1.81 bits per heavy atom. The number of halogens is 1. The van der Waals surface area contributed by atoms with Gasteiger partial charge in [-0.3, -0.25) is 14.6 Å². The van der Waals surface area contributed by atoms with E-state index < -0.39 is 17.3 Å². The number of carbonyl (C=O) groups is 2. The molecule has 5 rings (SSSR count). The van der Waals surface area contributed by atoms with E-state index in [0.717, 1.165) is 11.1 Å². The van der Waals surface area contributed by atoms with Crippen LogP contribution in [-0.4, -0.2) is 29.4 Å². The molecule has 0 bridgehead atoms. The predicted molar refractivity (Wildman–Crippen MR) is 204 cm³/mol. The number of nitrogens with one attached hydrogen (secondary N) is 2. The zero-order chi connectivity index (χ0) is 38.1. The average molecular weight is 717 g/mol. The van der Waals surface area contributed by atoms with Crippen LogP contribution >= 0.6 is 0 Å². The van der Waals surface area contributed by atoms with E-state index in [1.54, 1.807) is 54.6 Å². The number of hydrogen-bond acceptors (Lipinski definition) is 7. The average Bonchev–Trinajstić information content (AvgIpc) is 3.11. The summed E-state index contributed by atoms with van der Waals surface area (Å²) >= 11 is 0. The van der Waals surface area contributed by atoms with Crippen molar-refractivity contribution in [1.29, 1.82) is 0 Å². The first-order valence-corrected chi connectivity index (χ1v) is 17.2. The van der Waals surface area contributed by atoms with Gasteiger partial charge in [0.1, 0.15) is 36.3 Å². The molecule has 53 heavy (non-hydrogen) atoms. The number of benzene rings is 5. The maximum absolute atomic E-state index is 13.7. The van der Waals surface area contributed by atoms with Gasteiger partial charge in [0, 0.05) is 11.1 Å². The predicted octanol–water partition coefficient (Wildman–Crippen LogP) is 8.49. The molecular weight excluding hydrogens is 673 g/mol. The quantitative estimate of drug-likeness (QED) is 0.0932. The fourth-order valence-corrected chi connectivity index (χ4v) is 5.13. The van der Waals surface area contributed by atoms with Crippen LogP contribution in [0, 0.1) is 12.7 Å². The van der Waals surface area contributed by atoms with Gasteiger partial charge in [0.25, 0.3) is 11.8 Å². The van der Waals surface area contributed by atoms with E-state index in [9.17, 15) is 19.1 Å². The molecule has 274 valence electrons. The van der Waals surface area contributed by atoms with Gasteiger partial charge in [0.15, 0.2) is 0 Å². The summed E-state index contributed by atoms with van der Waals surface area (Å²) in [5.74, 6) is -0.559. The van der Waals surface area contributed by atoms with Gasteiger partial charge in [-0.2, -0.15) is 0 Å². The van der Waals surface area contributed by atoms with Crippen molar-refractivity contribution in [3.05, 3.63) is 148 Å². The molecule has 0 heterocycles. The number of hydrogen-bond donors (Lipinski definition) is 2. The Morgan fingerprint density at radius 1 is 0.698 bits per heavy atom. The number of aliphatic imine (C=N–C) groups is 1. The number of nitrogens with zero attached hydrogens (tertiary/aromatic N) is 1. The Kier molecular flexibility index (Phi) is 12.1. The molecule has 0 aromatic heterocycles. The lowest BCUT2D eigenvalue weighted by molar-refractivity contribution is -0.213. The van der Waals surface area contributed by atoms with Crippen LogP contribution in [-0.2, 0) is 13.2 Å². The summed E-state index contributed by atoms with van der Waals surface area (Å²) in [5.41, 5.74) is 3.59. The van der Waals surface area contributed by atoms with Gasteiger partial charge in [-0.15, -0.1) is 0 Å². The van der Waals surface area contributed by atoms with Crippen LogP contribution in [0.25, 0.3) is 0 Å². The van der Waals surface area contributed by atoms with Gasteiger partial charge in [0.05, 0.1) is 23.0 Å². The van der Waals surface area contributed by atoms with E-state index >= 15 is 0 Å². The molecule has 0 aliphatic heterocycles. The molecule has 5 aromatic rings. The number of carbonyl (C=O) groups excluding carboxylic acids is 2. The largest absolute Gasteiger partial charge is 0.858 e. The summed E-state index contributed by atoms with van der Waals surface area (Å²) in [7, 11) is 0. The highest BCUT2D eigenvalue weighted by Crippen LogP contribution is 2.31. The summed E-state index contributed by atoms with van der Waals surface area (Å²) in [6, 6.07) is 30.2. The molecular formula is C43H43FN3O6-. The molecule has 0 aliphatic carbocycles. The van der Waals surface area contributed by atoms with Crippen molar-refractivity contribution < 1.29 is 33.3 Å². The second-order valence-corrected chi connectivity index (χ2v) is 13.8. The van der Waals surface area contributed by atoms with Crippen molar-refractivity contribution in [2.45, 2.75) is 66.4 Å². The van der Waals surface area contributed by atoms with Gasteiger partial charge >= 0.3 is 0 Å². The molecule has 5 aromatic carbocycles. The van der Waals surface area contributed by atoms with Crippen molar-refractivity contribution >= 4 is 29.1 Å². The molecule has 0 unspecified atom stereocenters. The van der Waals surface area contributed by atoms with Crippen molar-refractivity contribution in [2.24, 2.45) is 4.99 Å². The number of ether oxygens (including phenoxy) is 3. The van der Waals surface area contributed by atoms with E-state index in [1.807, 2.05) is 77.9 Å². The zero-order valence-corrected chi connectivity index (χ0v) is 30.7. The molecule has 0 saturated carbocycles. The van der Waals surface area contributed by atoms with Gasteiger partial charge in [0.2, 0.25) is 0 Å².